The SMILES string of the molecule is C=CC=CC=CC=CC=CC=CCCC=CCCC. The standard InChI is InChI=1S/C19H26/c1-3-5-7-9-11-13-15-17-19-18-16-14-12-10-8-6-4-2/h3,5,7-11,13,15-19H,1,4,6,12,14H2,2H3. The van der Waals surface area contributed by atoms with E-state index in [-0.39, 0.29) is 0 Å². The number of hydrogen-bond donors (Lipinski definition) is 0. The van der Waals surface area contributed by atoms with E-state index >= 15 is 0 Å². The summed E-state index contributed by atoms with van der Waals surface area (Å²) in [5, 5.41) is 0. The van der Waals surface area contributed by atoms with Gasteiger partial charge in [0.1, 0.15) is 0 Å². The fourth-order valence-corrected chi connectivity index (χ4v) is 1.30. The van der Waals surface area contributed by atoms with Crippen molar-refractivity contribution in [2.24, 2.45) is 0 Å². The highest BCUT2D eigenvalue weighted by atomic mass is 13.8. The van der Waals surface area contributed by atoms with Crippen molar-refractivity contribution in [3.05, 3.63) is 85.6 Å². The summed E-state index contributed by atoms with van der Waals surface area (Å²) in [5.74, 6) is 0. The number of allylic oxidation sites excluding steroid dienone is 13. The highest BCUT2D eigenvalue weighted by Gasteiger charge is 1.75. The van der Waals surface area contributed by atoms with Gasteiger partial charge in [-0.25, -0.2) is 0 Å². The number of unbranched alkanes of at least 4 members (excludes halogenated alkanes) is 2. The minimum absolute atomic E-state index is 1.11. The molecular weight excluding hydrogens is 228 g/mol. The first kappa shape index (κ1) is 17.2. The van der Waals surface area contributed by atoms with E-state index in [0.717, 1.165) is 12.8 Å². The summed E-state index contributed by atoms with van der Waals surface area (Å²) in [6, 6.07) is 0. The van der Waals surface area contributed by atoms with Gasteiger partial charge >= 0.3 is 0 Å². The second kappa shape index (κ2) is 16.2. The molecule has 0 N–H and O–H groups in total. The normalized spacial score (nSPS) is 13.3. The lowest BCUT2D eigenvalue weighted by Crippen LogP contribution is -1.65. The summed E-state index contributed by atoms with van der Waals surface area (Å²) in [4.78, 5) is 0. The molecule has 0 aromatic carbocycles. The predicted octanol–water partition coefficient (Wildman–Crippen LogP) is 6.09. The zero-order valence-electron chi connectivity index (χ0n) is 12.0. The summed E-state index contributed by atoms with van der Waals surface area (Å²) < 4.78 is 0. The van der Waals surface area contributed by atoms with Crippen molar-refractivity contribution in [3.63, 3.8) is 0 Å². The second-order valence-corrected chi connectivity index (χ2v) is 4.04. The van der Waals surface area contributed by atoms with E-state index in [1.54, 1.807) is 6.08 Å². The first-order valence-electron chi connectivity index (χ1n) is 7.01. The molecule has 0 heterocycles. The molecule has 0 fully saturated rings. The maximum atomic E-state index is 3.60. The Labute approximate surface area is 118 Å². The highest BCUT2D eigenvalue weighted by molar-refractivity contribution is 5.18. The van der Waals surface area contributed by atoms with E-state index < -0.39 is 0 Å². The lowest BCUT2D eigenvalue weighted by atomic mass is 10.2. The van der Waals surface area contributed by atoms with Crippen molar-refractivity contribution in [1.82, 2.24) is 0 Å². The molecule has 0 unspecified atom stereocenters. The van der Waals surface area contributed by atoms with Crippen LogP contribution in [-0.2, 0) is 0 Å². The quantitative estimate of drug-likeness (QED) is 0.251. The second-order valence-electron chi connectivity index (χ2n) is 4.04. The van der Waals surface area contributed by atoms with Crippen molar-refractivity contribution in [3.8, 4) is 0 Å². The van der Waals surface area contributed by atoms with Crippen molar-refractivity contribution in [1.29, 1.82) is 0 Å². The zero-order chi connectivity index (χ0) is 14.0. The van der Waals surface area contributed by atoms with Crippen LogP contribution in [-0.4, -0.2) is 0 Å². The van der Waals surface area contributed by atoms with Gasteiger partial charge in [-0.05, 0) is 19.3 Å². The van der Waals surface area contributed by atoms with Crippen LogP contribution in [0.2, 0.25) is 0 Å². The summed E-state index contributed by atoms with van der Waals surface area (Å²) in [6.45, 7) is 5.80. The molecule has 0 aromatic heterocycles. The molecule has 0 amide bonds. The van der Waals surface area contributed by atoms with Gasteiger partial charge in [0.25, 0.3) is 0 Å². The number of hydrogen-bond acceptors (Lipinski definition) is 0. The van der Waals surface area contributed by atoms with Crippen LogP contribution in [0.25, 0.3) is 0 Å². The molecule has 0 aromatic rings. The molecule has 0 spiro atoms. The first-order valence-corrected chi connectivity index (χ1v) is 7.01. The Morgan fingerprint density at radius 2 is 1.05 bits per heavy atom. The molecule has 0 aliphatic carbocycles. The van der Waals surface area contributed by atoms with Crippen LogP contribution in [0.5, 0.6) is 0 Å². The Hall–Kier alpha value is -1.82. The Bertz CT molecular complexity index is 359. The largest absolute Gasteiger partial charge is 0.0991 e. The van der Waals surface area contributed by atoms with Gasteiger partial charge in [0.05, 0.1) is 0 Å². The predicted molar refractivity (Wildman–Crippen MR) is 89.2 cm³/mol. The van der Waals surface area contributed by atoms with Crippen LogP contribution in [0.4, 0.5) is 0 Å². The molecule has 0 atom stereocenters. The van der Waals surface area contributed by atoms with Gasteiger partial charge in [-0.3, -0.25) is 0 Å². The molecule has 102 valence electrons. The maximum Gasteiger partial charge on any atom is -0.0313 e. The number of rotatable bonds is 10. The highest BCUT2D eigenvalue weighted by Crippen LogP contribution is 1.96. The zero-order valence-corrected chi connectivity index (χ0v) is 12.0. The van der Waals surface area contributed by atoms with Crippen molar-refractivity contribution < 1.29 is 0 Å². The summed E-state index contributed by atoms with van der Waals surface area (Å²) in [7, 11) is 0. The maximum absolute atomic E-state index is 3.60. The molecule has 0 aliphatic rings. The molecule has 0 rings (SSSR count). The fourth-order valence-electron chi connectivity index (χ4n) is 1.30. The molecule has 0 saturated carbocycles. The third-order valence-electron chi connectivity index (χ3n) is 2.28. The lowest BCUT2D eigenvalue weighted by molar-refractivity contribution is 0.943. The van der Waals surface area contributed by atoms with Crippen molar-refractivity contribution in [2.45, 2.75) is 32.6 Å². The minimum atomic E-state index is 1.11. The van der Waals surface area contributed by atoms with E-state index in [4.69, 9.17) is 0 Å². The van der Waals surface area contributed by atoms with Gasteiger partial charge in [0.2, 0.25) is 0 Å². The minimum Gasteiger partial charge on any atom is -0.0991 e. The third kappa shape index (κ3) is 16.2. The average molecular weight is 254 g/mol. The topological polar surface area (TPSA) is 0 Å². The Balaban J connectivity index is 3.61. The van der Waals surface area contributed by atoms with Crippen LogP contribution < -0.4 is 0 Å². The van der Waals surface area contributed by atoms with E-state index in [2.05, 4.69) is 43.9 Å². The lowest BCUT2D eigenvalue weighted by Gasteiger charge is -1.86. The third-order valence-corrected chi connectivity index (χ3v) is 2.28. The van der Waals surface area contributed by atoms with Gasteiger partial charge < -0.3 is 0 Å². The molecule has 0 bridgehead atoms. The van der Waals surface area contributed by atoms with Gasteiger partial charge in [-0.1, -0.05) is 98.9 Å². The van der Waals surface area contributed by atoms with Gasteiger partial charge in [0.15, 0.2) is 0 Å². The molecule has 19 heavy (non-hydrogen) atoms. The Morgan fingerprint density at radius 3 is 1.63 bits per heavy atom. The summed E-state index contributed by atoms with van der Waals surface area (Å²) in [6.07, 6.45) is 31.2. The van der Waals surface area contributed by atoms with Crippen LogP contribution in [0.3, 0.4) is 0 Å². The Kier molecular flexibility index (Phi) is 14.6. The molecule has 0 radical (unpaired) electrons. The van der Waals surface area contributed by atoms with E-state index in [0.29, 0.717) is 0 Å². The fraction of sp³-hybridized carbons (Fsp3) is 0.263. The average Bonchev–Trinajstić information content (AvgIpc) is 2.43. The van der Waals surface area contributed by atoms with Gasteiger partial charge in [0, 0.05) is 0 Å². The van der Waals surface area contributed by atoms with Crippen LogP contribution in [0.15, 0.2) is 85.6 Å². The monoisotopic (exact) mass is 254 g/mol. The molecule has 0 saturated heterocycles. The molecule has 0 heteroatoms. The van der Waals surface area contributed by atoms with E-state index in [9.17, 15) is 0 Å². The molecular formula is C19H26. The van der Waals surface area contributed by atoms with Crippen molar-refractivity contribution >= 4 is 0 Å². The van der Waals surface area contributed by atoms with E-state index in [1.165, 1.54) is 12.8 Å². The van der Waals surface area contributed by atoms with Crippen LogP contribution >= 0.6 is 0 Å². The summed E-state index contributed by atoms with van der Waals surface area (Å²) >= 11 is 0. The smallest absolute Gasteiger partial charge is 0.0313 e. The summed E-state index contributed by atoms with van der Waals surface area (Å²) in [5.41, 5.74) is 0. The Morgan fingerprint density at radius 1 is 0.579 bits per heavy atom. The van der Waals surface area contributed by atoms with Crippen LogP contribution in [0.1, 0.15) is 32.6 Å². The first-order chi connectivity index (χ1) is 9.41. The molecule has 0 aliphatic heterocycles. The van der Waals surface area contributed by atoms with Crippen molar-refractivity contribution in [2.75, 3.05) is 0 Å². The van der Waals surface area contributed by atoms with Gasteiger partial charge in [-0.15, -0.1) is 0 Å². The van der Waals surface area contributed by atoms with E-state index in [1.807, 2.05) is 42.5 Å². The van der Waals surface area contributed by atoms with Gasteiger partial charge in [-0.2, -0.15) is 0 Å². The molecule has 0 nitrogen and oxygen atoms in total. The van der Waals surface area contributed by atoms with Crippen LogP contribution in [0, 0.1) is 0 Å².